The topological polar surface area (TPSA) is 40.5 Å². The van der Waals surface area contributed by atoms with Gasteiger partial charge in [-0.1, -0.05) is 19.4 Å². The maximum atomic E-state index is 11.8. The van der Waals surface area contributed by atoms with Crippen molar-refractivity contribution in [1.82, 2.24) is 0 Å². The Hall–Kier alpha value is -0.340. The molecule has 4 fully saturated rings. The molecule has 5 rings (SSSR count). The minimum Gasteiger partial charge on any atom is -0.393 e. The summed E-state index contributed by atoms with van der Waals surface area (Å²) < 4.78 is 0. The Balaban J connectivity index is 1.56. The van der Waals surface area contributed by atoms with Crippen molar-refractivity contribution in [3.63, 3.8) is 0 Å². The highest BCUT2D eigenvalue weighted by Gasteiger charge is 2.68. The average Bonchev–Trinajstić information content (AvgIpc) is 3.00. The predicted octanol–water partition coefficient (Wildman–Crippen LogP) is 3.82. The van der Waals surface area contributed by atoms with E-state index < -0.39 is 5.60 Å². The Bertz CT molecular complexity index is 540. The lowest BCUT2D eigenvalue weighted by Crippen LogP contribution is -2.48. The van der Waals surface area contributed by atoms with E-state index in [1.165, 1.54) is 50.5 Å². The second kappa shape index (κ2) is 4.19. The molecule has 5 aliphatic rings. The second-order valence-corrected chi connectivity index (χ2v) is 9.55. The van der Waals surface area contributed by atoms with Gasteiger partial charge < -0.3 is 10.2 Å². The summed E-state index contributed by atoms with van der Waals surface area (Å²) in [5.41, 5.74) is 1.60. The lowest BCUT2D eigenvalue weighted by atomic mass is 9.60. The molecule has 2 N–H and O–H groups in total. The first-order chi connectivity index (χ1) is 10.5. The van der Waals surface area contributed by atoms with Crippen molar-refractivity contribution < 1.29 is 10.2 Å². The summed E-state index contributed by atoms with van der Waals surface area (Å²) in [4.78, 5) is 0. The van der Waals surface area contributed by atoms with Crippen LogP contribution >= 0.6 is 0 Å². The number of aliphatic hydroxyl groups is 2. The van der Waals surface area contributed by atoms with Crippen molar-refractivity contribution in [2.75, 3.05) is 0 Å². The molecule has 0 saturated heterocycles. The van der Waals surface area contributed by atoms with Gasteiger partial charge in [-0.25, -0.2) is 0 Å². The average molecular weight is 302 g/mol. The Morgan fingerprint density at radius 3 is 2.82 bits per heavy atom. The molecule has 7 atom stereocenters. The largest absolute Gasteiger partial charge is 0.393 e. The molecule has 2 nitrogen and oxygen atoms in total. The van der Waals surface area contributed by atoms with Gasteiger partial charge >= 0.3 is 0 Å². The highest BCUT2D eigenvalue weighted by Crippen LogP contribution is 2.73. The maximum absolute atomic E-state index is 11.8. The fraction of sp³-hybridized carbons (Fsp3) is 0.900. The van der Waals surface area contributed by atoms with Gasteiger partial charge in [0.1, 0.15) is 0 Å². The van der Waals surface area contributed by atoms with Gasteiger partial charge in [-0.05, 0) is 91.9 Å². The van der Waals surface area contributed by atoms with Gasteiger partial charge in [-0.15, -0.1) is 0 Å². The van der Waals surface area contributed by atoms with Crippen LogP contribution in [0.3, 0.4) is 0 Å². The van der Waals surface area contributed by atoms with E-state index in [-0.39, 0.29) is 6.10 Å². The van der Waals surface area contributed by atoms with Crippen LogP contribution in [0.5, 0.6) is 0 Å². The first-order valence-corrected chi connectivity index (χ1v) is 9.59. The highest BCUT2D eigenvalue weighted by molar-refractivity contribution is 5.37. The molecule has 122 valence electrons. The number of allylic oxidation sites excluding steroid dienone is 1. The van der Waals surface area contributed by atoms with Gasteiger partial charge in [0.15, 0.2) is 0 Å². The smallest absolute Gasteiger partial charge is 0.0893 e. The molecular weight excluding hydrogens is 272 g/mol. The third-order valence-electron chi connectivity index (χ3n) is 8.59. The van der Waals surface area contributed by atoms with E-state index in [0.29, 0.717) is 22.7 Å². The summed E-state index contributed by atoms with van der Waals surface area (Å²) in [5, 5.41) is 22.0. The van der Waals surface area contributed by atoms with E-state index in [0.717, 1.165) is 25.2 Å². The van der Waals surface area contributed by atoms with Crippen molar-refractivity contribution in [2.24, 2.45) is 28.6 Å². The fourth-order valence-electron chi connectivity index (χ4n) is 7.41. The molecule has 0 bridgehead atoms. The molecule has 0 aromatic heterocycles. The molecule has 6 unspecified atom stereocenters. The van der Waals surface area contributed by atoms with Crippen LogP contribution in [-0.2, 0) is 0 Å². The van der Waals surface area contributed by atoms with Crippen LogP contribution in [-0.4, -0.2) is 21.9 Å². The quantitative estimate of drug-likeness (QED) is 0.668. The SMILES string of the molecule is CC12CC=C3C4CC45CC(O)CCC5CC[C@]3(O)C1CCC2. The molecule has 0 aliphatic heterocycles. The fourth-order valence-corrected chi connectivity index (χ4v) is 7.41. The highest BCUT2D eigenvalue weighted by atomic mass is 16.3. The monoisotopic (exact) mass is 302 g/mol. The number of aliphatic hydroxyl groups excluding tert-OH is 1. The molecule has 4 saturated carbocycles. The molecule has 5 aliphatic carbocycles. The maximum Gasteiger partial charge on any atom is 0.0893 e. The summed E-state index contributed by atoms with van der Waals surface area (Å²) in [6, 6.07) is 0. The molecule has 0 heterocycles. The van der Waals surface area contributed by atoms with Gasteiger partial charge in [0, 0.05) is 0 Å². The molecule has 0 amide bonds. The van der Waals surface area contributed by atoms with E-state index in [9.17, 15) is 10.2 Å². The van der Waals surface area contributed by atoms with E-state index in [1.54, 1.807) is 0 Å². The van der Waals surface area contributed by atoms with Crippen molar-refractivity contribution >= 4 is 0 Å². The number of fused-ring (bicyclic) bond motifs is 4. The molecular formula is C20H30O2. The van der Waals surface area contributed by atoms with Crippen molar-refractivity contribution in [3.05, 3.63) is 11.6 Å². The Morgan fingerprint density at radius 1 is 1.09 bits per heavy atom. The molecule has 0 radical (unpaired) electrons. The van der Waals surface area contributed by atoms with Crippen molar-refractivity contribution in [2.45, 2.75) is 82.8 Å². The summed E-state index contributed by atoms with van der Waals surface area (Å²) in [5.74, 6) is 1.83. The number of rotatable bonds is 0. The summed E-state index contributed by atoms with van der Waals surface area (Å²) >= 11 is 0. The lowest BCUT2D eigenvalue weighted by molar-refractivity contribution is -0.0490. The molecule has 0 aromatic rings. The normalized spacial score (nSPS) is 59.5. The number of hydrogen-bond donors (Lipinski definition) is 2. The zero-order valence-electron chi connectivity index (χ0n) is 13.9. The van der Waals surface area contributed by atoms with Crippen LogP contribution in [0.4, 0.5) is 0 Å². The molecule has 22 heavy (non-hydrogen) atoms. The van der Waals surface area contributed by atoms with Crippen molar-refractivity contribution in [3.8, 4) is 0 Å². The minimum absolute atomic E-state index is 0.0895. The molecule has 2 heteroatoms. The molecule has 1 spiro atoms. The molecule has 0 aromatic carbocycles. The summed E-state index contributed by atoms with van der Waals surface area (Å²) in [6.45, 7) is 2.42. The Kier molecular flexibility index (Phi) is 2.67. The third-order valence-corrected chi connectivity index (χ3v) is 8.59. The van der Waals surface area contributed by atoms with Crippen LogP contribution in [0.2, 0.25) is 0 Å². The van der Waals surface area contributed by atoms with Gasteiger partial charge in [0.05, 0.1) is 11.7 Å². The van der Waals surface area contributed by atoms with Crippen molar-refractivity contribution in [1.29, 1.82) is 0 Å². The van der Waals surface area contributed by atoms with Gasteiger partial charge in [-0.3, -0.25) is 0 Å². The number of hydrogen-bond acceptors (Lipinski definition) is 2. The van der Waals surface area contributed by atoms with Crippen LogP contribution in [0.15, 0.2) is 11.6 Å². The van der Waals surface area contributed by atoms with Crippen LogP contribution in [0, 0.1) is 28.6 Å². The first kappa shape index (κ1) is 14.0. The summed E-state index contributed by atoms with van der Waals surface area (Å²) in [7, 11) is 0. The zero-order valence-corrected chi connectivity index (χ0v) is 13.9. The van der Waals surface area contributed by atoms with E-state index in [4.69, 9.17) is 0 Å². The van der Waals surface area contributed by atoms with Crippen LogP contribution in [0.1, 0.15) is 71.1 Å². The van der Waals surface area contributed by atoms with Gasteiger partial charge in [0.2, 0.25) is 0 Å². The standard InChI is InChI=1S/C20H30O2/c1-18-8-2-3-17(18)20(22)10-6-13-4-5-14(21)11-19(13)12-16(19)15(20)7-9-18/h7,13-14,16-17,21-22H,2-6,8-12H2,1H3/t13?,14?,16?,17?,18?,19?,20-/m1/s1. The Labute approximate surface area is 134 Å². The lowest BCUT2D eigenvalue weighted by Gasteiger charge is -2.48. The predicted molar refractivity (Wildman–Crippen MR) is 86.2 cm³/mol. The van der Waals surface area contributed by atoms with E-state index >= 15 is 0 Å². The van der Waals surface area contributed by atoms with Crippen LogP contribution < -0.4 is 0 Å². The van der Waals surface area contributed by atoms with Gasteiger partial charge in [-0.2, -0.15) is 0 Å². The first-order valence-electron chi connectivity index (χ1n) is 9.59. The zero-order chi connectivity index (χ0) is 15.2. The third kappa shape index (κ3) is 1.59. The minimum atomic E-state index is -0.514. The Morgan fingerprint density at radius 2 is 1.95 bits per heavy atom. The van der Waals surface area contributed by atoms with E-state index in [1.807, 2.05) is 0 Å². The van der Waals surface area contributed by atoms with E-state index in [2.05, 4.69) is 13.0 Å². The van der Waals surface area contributed by atoms with Crippen LogP contribution in [0.25, 0.3) is 0 Å². The second-order valence-electron chi connectivity index (χ2n) is 9.55. The van der Waals surface area contributed by atoms with Gasteiger partial charge in [0.25, 0.3) is 0 Å². The summed E-state index contributed by atoms with van der Waals surface area (Å²) in [6.07, 6.45) is 13.9.